The van der Waals surface area contributed by atoms with Gasteiger partial charge in [0, 0.05) is 11.7 Å². The Labute approximate surface area is 95.8 Å². The van der Waals surface area contributed by atoms with E-state index in [2.05, 4.69) is 43.1 Å². The molecule has 1 saturated carbocycles. The largest absolute Gasteiger partial charge is 0.361 e. The van der Waals surface area contributed by atoms with E-state index in [1.165, 1.54) is 16.5 Å². The number of H-pyrrole nitrogens is 1. The summed E-state index contributed by atoms with van der Waals surface area (Å²) in [5, 5.41) is 1.28. The van der Waals surface area contributed by atoms with Crippen LogP contribution in [0.15, 0.2) is 30.5 Å². The quantitative estimate of drug-likeness (QED) is 0.793. The fourth-order valence-corrected chi connectivity index (χ4v) is 3.10. The van der Waals surface area contributed by atoms with Crippen LogP contribution in [0.5, 0.6) is 0 Å². The number of fused-ring (bicyclic) bond motifs is 1. The van der Waals surface area contributed by atoms with E-state index in [1.54, 1.807) is 0 Å². The topological polar surface area (TPSA) is 41.8 Å². The summed E-state index contributed by atoms with van der Waals surface area (Å²) in [5.41, 5.74) is 8.85. The van der Waals surface area contributed by atoms with Crippen molar-refractivity contribution in [2.45, 2.75) is 19.8 Å². The lowest BCUT2D eigenvalue weighted by atomic mass is 10.0. The number of benzene rings is 1. The van der Waals surface area contributed by atoms with Crippen LogP contribution in [0.1, 0.15) is 25.3 Å². The van der Waals surface area contributed by atoms with Gasteiger partial charge in [0.1, 0.15) is 0 Å². The van der Waals surface area contributed by atoms with Gasteiger partial charge in [0.15, 0.2) is 0 Å². The van der Waals surface area contributed by atoms with Gasteiger partial charge in [-0.3, -0.25) is 0 Å². The molecule has 2 atom stereocenters. The van der Waals surface area contributed by atoms with E-state index < -0.39 is 0 Å². The normalized spacial score (nSPS) is 27.2. The molecule has 0 unspecified atom stereocenters. The van der Waals surface area contributed by atoms with E-state index in [0.29, 0.717) is 17.3 Å². The van der Waals surface area contributed by atoms with Crippen molar-refractivity contribution in [2.75, 3.05) is 6.54 Å². The summed E-state index contributed by atoms with van der Waals surface area (Å²) in [4.78, 5) is 3.27. The molecular formula is C14H18N2. The third-order valence-corrected chi connectivity index (χ3v) is 4.24. The Hall–Kier alpha value is -1.28. The van der Waals surface area contributed by atoms with Crippen molar-refractivity contribution in [1.29, 1.82) is 0 Å². The maximum Gasteiger partial charge on any atom is 0.0456 e. The zero-order chi connectivity index (χ0) is 11.3. The first kappa shape index (κ1) is 9.91. The van der Waals surface area contributed by atoms with Gasteiger partial charge in [0.05, 0.1) is 0 Å². The number of rotatable bonds is 2. The second kappa shape index (κ2) is 3.11. The Kier molecular flexibility index (Phi) is 1.93. The average Bonchev–Trinajstić information content (AvgIpc) is 2.62. The minimum absolute atomic E-state index is 0.370. The lowest BCUT2D eigenvalue weighted by Crippen LogP contribution is -2.05. The Balaban J connectivity index is 2.01. The third kappa shape index (κ3) is 1.23. The van der Waals surface area contributed by atoms with Gasteiger partial charge >= 0.3 is 0 Å². The molecule has 0 saturated heterocycles. The lowest BCUT2D eigenvalue weighted by molar-refractivity contribution is 0.558. The summed E-state index contributed by atoms with van der Waals surface area (Å²) in [5.74, 6) is 1.27. The number of aromatic amines is 1. The zero-order valence-electron chi connectivity index (χ0n) is 9.83. The molecule has 2 nitrogen and oxygen atoms in total. The van der Waals surface area contributed by atoms with E-state index in [0.717, 1.165) is 6.54 Å². The predicted octanol–water partition coefficient (Wildman–Crippen LogP) is 2.87. The van der Waals surface area contributed by atoms with Crippen molar-refractivity contribution >= 4 is 10.9 Å². The molecule has 2 aromatic rings. The van der Waals surface area contributed by atoms with E-state index in [9.17, 15) is 0 Å². The second-order valence-electron chi connectivity index (χ2n) is 5.47. The molecule has 1 fully saturated rings. The van der Waals surface area contributed by atoms with Gasteiger partial charge in [-0.05, 0) is 46.9 Å². The number of hydrogen-bond acceptors (Lipinski definition) is 1. The standard InChI is InChI=1S/C14H18N2/c1-14(2)11(8-15)13(14)10-4-3-9-5-6-16-12(9)7-10/h3-7,11,13,16H,8,15H2,1-2H3/t11-,13-/m0/s1. The summed E-state index contributed by atoms with van der Waals surface area (Å²) in [6, 6.07) is 8.83. The van der Waals surface area contributed by atoms with Crippen LogP contribution < -0.4 is 5.73 Å². The maximum absolute atomic E-state index is 5.82. The molecule has 0 spiro atoms. The SMILES string of the molecule is CC1(C)[C@@H](CN)[C@@H]1c1ccc2cc[nH]c2c1. The molecule has 0 aliphatic heterocycles. The second-order valence-corrected chi connectivity index (χ2v) is 5.47. The number of nitrogens with one attached hydrogen (secondary N) is 1. The Morgan fingerprint density at radius 3 is 2.81 bits per heavy atom. The first-order valence-corrected chi connectivity index (χ1v) is 5.91. The van der Waals surface area contributed by atoms with Gasteiger partial charge in [-0.2, -0.15) is 0 Å². The summed E-state index contributed by atoms with van der Waals surface area (Å²) < 4.78 is 0. The number of nitrogens with two attached hydrogens (primary N) is 1. The number of aromatic nitrogens is 1. The van der Waals surface area contributed by atoms with E-state index in [-0.39, 0.29) is 0 Å². The molecule has 1 heterocycles. The van der Waals surface area contributed by atoms with Crippen LogP contribution in [0, 0.1) is 11.3 Å². The van der Waals surface area contributed by atoms with Gasteiger partial charge in [-0.1, -0.05) is 26.0 Å². The van der Waals surface area contributed by atoms with Crippen LogP contribution in [0.2, 0.25) is 0 Å². The molecule has 1 aliphatic carbocycles. The van der Waals surface area contributed by atoms with Crippen LogP contribution in [0.25, 0.3) is 10.9 Å². The number of hydrogen-bond donors (Lipinski definition) is 2. The van der Waals surface area contributed by atoms with Crippen molar-refractivity contribution < 1.29 is 0 Å². The molecule has 3 rings (SSSR count). The highest BCUT2D eigenvalue weighted by Crippen LogP contribution is 2.63. The molecule has 3 N–H and O–H groups in total. The molecule has 1 aliphatic rings. The molecule has 1 aromatic heterocycles. The first-order valence-electron chi connectivity index (χ1n) is 5.91. The zero-order valence-corrected chi connectivity index (χ0v) is 9.83. The highest BCUT2D eigenvalue weighted by molar-refractivity contribution is 5.80. The molecule has 0 bridgehead atoms. The first-order chi connectivity index (χ1) is 7.64. The molecule has 16 heavy (non-hydrogen) atoms. The van der Waals surface area contributed by atoms with Gasteiger partial charge in [0.25, 0.3) is 0 Å². The highest BCUT2D eigenvalue weighted by Gasteiger charge is 2.57. The lowest BCUT2D eigenvalue weighted by Gasteiger charge is -2.03. The van der Waals surface area contributed by atoms with Gasteiger partial charge in [-0.15, -0.1) is 0 Å². The third-order valence-electron chi connectivity index (χ3n) is 4.24. The summed E-state index contributed by atoms with van der Waals surface area (Å²) in [7, 11) is 0. The van der Waals surface area contributed by atoms with E-state index in [4.69, 9.17) is 5.73 Å². The highest BCUT2D eigenvalue weighted by atomic mass is 14.7. The summed E-state index contributed by atoms with van der Waals surface area (Å²) in [6.45, 7) is 5.42. The molecule has 2 heteroatoms. The van der Waals surface area contributed by atoms with Crippen molar-refractivity contribution in [3.8, 4) is 0 Å². The van der Waals surface area contributed by atoms with Gasteiger partial charge < -0.3 is 10.7 Å². The van der Waals surface area contributed by atoms with E-state index in [1.807, 2.05) is 6.20 Å². The minimum atomic E-state index is 0.370. The fraction of sp³-hybridized carbons (Fsp3) is 0.429. The molecule has 0 radical (unpaired) electrons. The summed E-state index contributed by atoms with van der Waals surface area (Å²) >= 11 is 0. The van der Waals surface area contributed by atoms with Crippen LogP contribution >= 0.6 is 0 Å². The molecule has 0 amide bonds. The van der Waals surface area contributed by atoms with Crippen LogP contribution in [0.3, 0.4) is 0 Å². The predicted molar refractivity (Wildman–Crippen MR) is 67.4 cm³/mol. The molecule has 1 aromatic carbocycles. The van der Waals surface area contributed by atoms with Crippen LogP contribution in [0.4, 0.5) is 0 Å². The monoisotopic (exact) mass is 214 g/mol. The van der Waals surface area contributed by atoms with Gasteiger partial charge in [0.2, 0.25) is 0 Å². The van der Waals surface area contributed by atoms with Crippen LogP contribution in [-0.4, -0.2) is 11.5 Å². The Morgan fingerprint density at radius 2 is 2.12 bits per heavy atom. The van der Waals surface area contributed by atoms with Crippen molar-refractivity contribution in [3.63, 3.8) is 0 Å². The fourth-order valence-electron chi connectivity index (χ4n) is 3.10. The minimum Gasteiger partial charge on any atom is -0.361 e. The summed E-state index contributed by atoms with van der Waals surface area (Å²) in [6.07, 6.45) is 1.99. The van der Waals surface area contributed by atoms with Gasteiger partial charge in [-0.25, -0.2) is 0 Å². The Bertz CT molecular complexity index is 524. The van der Waals surface area contributed by atoms with Crippen molar-refractivity contribution in [2.24, 2.45) is 17.1 Å². The van der Waals surface area contributed by atoms with Crippen molar-refractivity contribution in [3.05, 3.63) is 36.0 Å². The Morgan fingerprint density at radius 1 is 1.31 bits per heavy atom. The molecular weight excluding hydrogens is 196 g/mol. The average molecular weight is 214 g/mol. The smallest absolute Gasteiger partial charge is 0.0456 e. The van der Waals surface area contributed by atoms with Crippen LogP contribution in [-0.2, 0) is 0 Å². The molecule has 84 valence electrons. The van der Waals surface area contributed by atoms with E-state index >= 15 is 0 Å². The van der Waals surface area contributed by atoms with Crippen molar-refractivity contribution in [1.82, 2.24) is 4.98 Å². The maximum atomic E-state index is 5.82.